The van der Waals surface area contributed by atoms with Gasteiger partial charge in [-0.1, -0.05) is 0 Å². The van der Waals surface area contributed by atoms with E-state index in [0.29, 0.717) is 0 Å². The van der Waals surface area contributed by atoms with Gasteiger partial charge in [-0.15, -0.1) is 10.2 Å². The summed E-state index contributed by atoms with van der Waals surface area (Å²) in [4.78, 5) is 44.8. The zero-order valence-corrected chi connectivity index (χ0v) is 14.2. The maximum Gasteiger partial charge on any atom is 0.328 e. The van der Waals surface area contributed by atoms with Gasteiger partial charge in [0.05, 0.1) is 25.0 Å². The highest BCUT2D eigenvalue weighted by molar-refractivity contribution is 5.83. The van der Waals surface area contributed by atoms with Gasteiger partial charge >= 0.3 is 18.0 Å². The summed E-state index contributed by atoms with van der Waals surface area (Å²) in [6, 6.07) is -5.01. The van der Waals surface area contributed by atoms with Crippen LogP contribution in [-0.2, 0) is 14.4 Å². The maximum atomic E-state index is 12.0. The van der Waals surface area contributed by atoms with E-state index in [2.05, 4.69) is 15.5 Å². The Morgan fingerprint density at radius 1 is 1.11 bits per heavy atom. The summed E-state index contributed by atoms with van der Waals surface area (Å²) in [5, 5.41) is 38.4. The van der Waals surface area contributed by atoms with Crippen molar-refractivity contribution in [1.29, 1.82) is 0 Å². The van der Waals surface area contributed by atoms with Gasteiger partial charge in [-0.3, -0.25) is 9.59 Å². The Kier molecular flexibility index (Phi) is 7.62. The lowest BCUT2D eigenvalue weighted by molar-refractivity contribution is -0.142. The van der Waals surface area contributed by atoms with Crippen LogP contribution in [0.5, 0.6) is 0 Å². The number of nitrogens with one attached hydrogen (secondary N) is 2. The Labute approximate surface area is 151 Å². The molecule has 0 bridgehead atoms. The number of aliphatic hydroxyl groups is 1. The molecule has 0 saturated heterocycles. The first-order valence-corrected chi connectivity index (χ1v) is 7.58. The van der Waals surface area contributed by atoms with E-state index in [0.717, 1.165) is 6.92 Å². The van der Waals surface area contributed by atoms with Crippen LogP contribution in [0, 0.1) is 0 Å². The molecule has 0 spiro atoms. The van der Waals surface area contributed by atoms with Gasteiger partial charge in [-0.2, -0.15) is 0 Å². The van der Waals surface area contributed by atoms with E-state index in [9.17, 15) is 24.3 Å². The zero-order valence-electron chi connectivity index (χ0n) is 14.2. The predicted octanol–water partition coefficient (Wildman–Crippen LogP) is -2.41. The van der Waals surface area contributed by atoms with Crippen molar-refractivity contribution in [3.8, 4) is 0 Å². The molecule has 150 valence electrons. The highest BCUT2D eigenvalue weighted by Gasteiger charge is 2.29. The SMILES string of the molecule is CC(O)C(NC(=O)N[C@@H](CC(N)=O)c1nnc([C@@H](N)CC(=O)O)o1)C(=O)O. The van der Waals surface area contributed by atoms with Crippen LogP contribution in [0.3, 0.4) is 0 Å². The molecule has 2 unspecified atom stereocenters. The summed E-state index contributed by atoms with van der Waals surface area (Å²) in [7, 11) is 0. The summed E-state index contributed by atoms with van der Waals surface area (Å²) in [6.07, 6.45) is -2.37. The number of carbonyl (C=O) groups excluding carboxylic acids is 2. The third-order valence-corrected chi connectivity index (χ3v) is 3.21. The fourth-order valence-corrected chi connectivity index (χ4v) is 1.94. The average molecular weight is 388 g/mol. The summed E-state index contributed by atoms with van der Waals surface area (Å²) in [5.41, 5.74) is 10.7. The quantitative estimate of drug-likeness (QED) is 0.222. The molecule has 27 heavy (non-hydrogen) atoms. The minimum absolute atomic E-state index is 0.239. The van der Waals surface area contributed by atoms with Gasteiger partial charge in [-0.05, 0) is 6.92 Å². The van der Waals surface area contributed by atoms with Crippen LogP contribution in [-0.4, -0.2) is 61.5 Å². The number of carboxylic acid groups (broad SMARTS) is 2. The first-order valence-electron chi connectivity index (χ1n) is 7.58. The van der Waals surface area contributed by atoms with Gasteiger partial charge in [0, 0.05) is 0 Å². The monoisotopic (exact) mass is 388 g/mol. The Morgan fingerprint density at radius 3 is 2.19 bits per heavy atom. The lowest BCUT2D eigenvalue weighted by Gasteiger charge is -2.19. The number of amides is 3. The number of carboxylic acids is 2. The third-order valence-electron chi connectivity index (χ3n) is 3.21. The molecule has 0 saturated carbocycles. The molecule has 0 aliphatic carbocycles. The molecule has 0 fully saturated rings. The molecule has 1 rings (SSSR count). The van der Waals surface area contributed by atoms with Gasteiger partial charge in [0.25, 0.3) is 0 Å². The van der Waals surface area contributed by atoms with Crippen molar-refractivity contribution in [2.75, 3.05) is 0 Å². The molecular formula is C13H20N6O8. The van der Waals surface area contributed by atoms with E-state index in [1.807, 2.05) is 5.32 Å². The molecule has 0 aliphatic rings. The summed E-state index contributed by atoms with van der Waals surface area (Å²) >= 11 is 0. The lowest BCUT2D eigenvalue weighted by atomic mass is 10.2. The minimum atomic E-state index is -1.61. The topological polar surface area (TPSA) is 244 Å². The van der Waals surface area contributed by atoms with Gasteiger partial charge in [0.15, 0.2) is 6.04 Å². The van der Waals surface area contributed by atoms with Crippen LogP contribution >= 0.6 is 0 Å². The van der Waals surface area contributed by atoms with Gasteiger partial charge in [0.2, 0.25) is 17.7 Å². The standard InChI is InChI=1S/C13H20N6O8/c1-4(20)9(12(24)25)17-13(26)16-6(3-7(15)21)11-19-18-10(27-11)5(14)2-8(22)23/h4-6,9,20H,2-3,14H2,1H3,(H2,15,21)(H,22,23)(H,24,25)(H2,16,17,26)/t4?,5-,6-,9?/m0/s1. The molecule has 0 aliphatic heterocycles. The largest absolute Gasteiger partial charge is 0.481 e. The van der Waals surface area contributed by atoms with Crippen molar-refractivity contribution in [3.63, 3.8) is 0 Å². The van der Waals surface area contributed by atoms with Crippen LogP contribution in [0.25, 0.3) is 0 Å². The predicted molar refractivity (Wildman–Crippen MR) is 84.8 cm³/mol. The van der Waals surface area contributed by atoms with E-state index < -0.39 is 60.9 Å². The fraction of sp³-hybridized carbons (Fsp3) is 0.538. The van der Waals surface area contributed by atoms with Crippen LogP contribution in [0.1, 0.15) is 43.6 Å². The van der Waals surface area contributed by atoms with Gasteiger partial charge < -0.3 is 41.8 Å². The van der Waals surface area contributed by atoms with Crippen LogP contribution < -0.4 is 22.1 Å². The van der Waals surface area contributed by atoms with Crippen molar-refractivity contribution >= 4 is 23.9 Å². The van der Waals surface area contributed by atoms with Crippen LogP contribution in [0.2, 0.25) is 0 Å². The maximum absolute atomic E-state index is 12.0. The highest BCUT2D eigenvalue weighted by Crippen LogP contribution is 2.19. The number of primary amides is 1. The second-order valence-corrected chi connectivity index (χ2v) is 5.58. The molecule has 14 nitrogen and oxygen atoms in total. The number of rotatable bonds is 10. The van der Waals surface area contributed by atoms with Gasteiger partial charge in [-0.25, -0.2) is 9.59 Å². The van der Waals surface area contributed by atoms with E-state index in [1.165, 1.54) is 0 Å². The molecule has 9 N–H and O–H groups in total. The molecular weight excluding hydrogens is 368 g/mol. The number of hydrogen-bond donors (Lipinski definition) is 7. The first kappa shape index (κ1) is 21.8. The van der Waals surface area contributed by atoms with E-state index >= 15 is 0 Å². The minimum Gasteiger partial charge on any atom is -0.481 e. The lowest BCUT2D eigenvalue weighted by Crippen LogP contribution is -2.52. The average Bonchev–Trinajstić information content (AvgIpc) is 3.00. The number of nitrogens with zero attached hydrogens (tertiary/aromatic N) is 2. The van der Waals surface area contributed by atoms with Crippen molar-refractivity contribution < 1.29 is 38.9 Å². The molecule has 1 aromatic heterocycles. The second-order valence-electron chi connectivity index (χ2n) is 5.58. The normalized spacial score (nSPS) is 15.2. The van der Waals surface area contributed by atoms with E-state index in [-0.39, 0.29) is 11.8 Å². The number of urea groups is 1. The molecule has 3 amide bonds. The molecule has 0 aromatic carbocycles. The van der Waals surface area contributed by atoms with Crippen molar-refractivity contribution in [1.82, 2.24) is 20.8 Å². The Hall–Kier alpha value is -3.26. The van der Waals surface area contributed by atoms with Crippen molar-refractivity contribution in [2.24, 2.45) is 11.5 Å². The van der Waals surface area contributed by atoms with Crippen LogP contribution in [0.15, 0.2) is 4.42 Å². The molecule has 4 atom stereocenters. The summed E-state index contributed by atoms with van der Waals surface area (Å²) in [5.74, 6) is -4.06. The number of nitrogens with two attached hydrogens (primary N) is 2. The summed E-state index contributed by atoms with van der Waals surface area (Å²) in [6.45, 7) is 1.16. The second kappa shape index (κ2) is 9.44. The zero-order chi connectivity index (χ0) is 20.7. The smallest absolute Gasteiger partial charge is 0.328 e. The molecule has 1 aromatic rings. The Bertz CT molecular complexity index is 705. The molecule has 0 radical (unpaired) electrons. The first-order chi connectivity index (χ1) is 12.5. The number of aliphatic hydroxyl groups excluding tert-OH is 1. The third kappa shape index (κ3) is 6.87. The van der Waals surface area contributed by atoms with E-state index in [1.54, 1.807) is 0 Å². The Morgan fingerprint density at radius 2 is 1.70 bits per heavy atom. The Balaban J connectivity index is 2.91. The van der Waals surface area contributed by atoms with Crippen molar-refractivity contribution in [3.05, 3.63) is 11.8 Å². The fourth-order valence-electron chi connectivity index (χ4n) is 1.94. The van der Waals surface area contributed by atoms with Gasteiger partial charge in [0.1, 0.15) is 6.04 Å². The molecule has 1 heterocycles. The van der Waals surface area contributed by atoms with Crippen LogP contribution in [0.4, 0.5) is 4.79 Å². The number of hydrogen-bond acceptors (Lipinski definition) is 9. The molecule has 14 heteroatoms. The van der Waals surface area contributed by atoms with E-state index in [4.69, 9.17) is 26.1 Å². The number of carbonyl (C=O) groups is 4. The highest BCUT2D eigenvalue weighted by atomic mass is 16.4. The number of aromatic nitrogens is 2. The summed E-state index contributed by atoms with van der Waals surface area (Å²) < 4.78 is 5.18. The number of aliphatic carboxylic acids is 2. The van der Waals surface area contributed by atoms with Crippen molar-refractivity contribution in [2.45, 2.75) is 44.0 Å².